The van der Waals surface area contributed by atoms with E-state index in [0.29, 0.717) is 0 Å². The molecular weight excluding hydrogens is 142 g/mol. The van der Waals surface area contributed by atoms with Crippen molar-refractivity contribution in [3.63, 3.8) is 0 Å². The van der Waals surface area contributed by atoms with Crippen molar-refractivity contribution in [1.82, 2.24) is 0 Å². The molecule has 65 valence electrons. The van der Waals surface area contributed by atoms with Gasteiger partial charge >= 0.3 is 0 Å². The molecule has 0 rings (SSSR count). The van der Waals surface area contributed by atoms with E-state index in [1.54, 1.807) is 0 Å². The van der Waals surface area contributed by atoms with Crippen molar-refractivity contribution in [3.8, 4) is 0 Å². The maximum absolute atomic E-state index is 9.88. The highest BCUT2D eigenvalue weighted by atomic mass is 16.6. The van der Waals surface area contributed by atoms with Crippen LogP contribution in [0.4, 0.5) is 0 Å². The molecule has 0 fully saturated rings. The highest BCUT2D eigenvalue weighted by Gasteiger charge is 1.95. The van der Waals surface area contributed by atoms with E-state index in [9.17, 15) is 10.1 Å². The summed E-state index contributed by atoms with van der Waals surface area (Å²) < 4.78 is 0. The van der Waals surface area contributed by atoms with Gasteiger partial charge < -0.3 is 0 Å². The molecule has 3 heteroatoms. The molecule has 0 bridgehead atoms. The second-order valence-corrected chi connectivity index (χ2v) is 2.68. The molecule has 0 spiro atoms. The second-order valence-electron chi connectivity index (χ2n) is 2.68. The maximum atomic E-state index is 9.88. The topological polar surface area (TPSA) is 43.1 Å². The summed E-state index contributed by atoms with van der Waals surface area (Å²) in [4.78, 5) is 9.64. The summed E-state index contributed by atoms with van der Waals surface area (Å²) in [6.07, 6.45) is 6.13. The van der Waals surface area contributed by atoms with E-state index < -0.39 is 0 Å². The molecule has 11 heavy (non-hydrogen) atoms. The molecule has 0 N–H and O–H groups in total. The van der Waals surface area contributed by atoms with Gasteiger partial charge in [0, 0.05) is 11.3 Å². The molecule has 0 aromatic rings. The molecule has 0 heterocycles. The number of nitrogens with zero attached hydrogens (tertiary/aromatic N) is 1. The Labute approximate surface area is 67.9 Å². The van der Waals surface area contributed by atoms with Gasteiger partial charge in [0.05, 0.1) is 0 Å². The molecule has 0 aromatic carbocycles. The van der Waals surface area contributed by atoms with Gasteiger partial charge in [0.15, 0.2) is 0 Å². The van der Waals surface area contributed by atoms with E-state index in [-0.39, 0.29) is 11.5 Å². The molecule has 0 amide bonds. The summed E-state index contributed by atoms with van der Waals surface area (Å²) in [5, 5.41) is 9.88. The fraction of sp³-hybridized carbons (Fsp3) is 0.875. The van der Waals surface area contributed by atoms with Crippen LogP contribution in [0, 0.1) is 17.0 Å². The Hall–Kier alpha value is -0.600. The Morgan fingerprint density at radius 3 is 2.18 bits per heavy atom. The predicted molar refractivity (Wildman–Crippen MR) is 44.9 cm³/mol. The third-order valence-electron chi connectivity index (χ3n) is 1.59. The zero-order chi connectivity index (χ0) is 8.53. The number of rotatable bonds is 7. The fourth-order valence-corrected chi connectivity index (χ4v) is 0.948. The fourth-order valence-electron chi connectivity index (χ4n) is 0.948. The average molecular weight is 158 g/mol. The second kappa shape index (κ2) is 7.51. The van der Waals surface area contributed by atoms with E-state index in [2.05, 4.69) is 6.92 Å². The van der Waals surface area contributed by atoms with Crippen LogP contribution in [0.3, 0.4) is 0 Å². The Morgan fingerprint density at radius 2 is 1.64 bits per heavy atom. The molecule has 0 aliphatic rings. The summed E-state index contributed by atoms with van der Waals surface area (Å²) in [6.45, 7) is 3.85. The first-order chi connectivity index (χ1) is 5.27. The van der Waals surface area contributed by atoms with Gasteiger partial charge in [-0.1, -0.05) is 32.6 Å². The van der Waals surface area contributed by atoms with E-state index >= 15 is 0 Å². The molecule has 0 atom stereocenters. The van der Waals surface area contributed by atoms with Crippen molar-refractivity contribution in [2.24, 2.45) is 0 Å². The van der Waals surface area contributed by atoms with Crippen molar-refractivity contribution in [2.75, 3.05) is 6.54 Å². The van der Waals surface area contributed by atoms with E-state index in [1.807, 2.05) is 0 Å². The van der Waals surface area contributed by atoms with Crippen molar-refractivity contribution >= 4 is 0 Å². The Bertz CT molecular complexity index is 104. The maximum Gasteiger partial charge on any atom is 0.203 e. The summed E-state index contributed by atoms with van der Waals surface area (Å²) >= 11 is 0. The minimum absolute atomic E-state index is 0.129. The number of nitro groups is 1. The van der Waals surface area contributed by atoms with Crippen LogP contribution in [0.5, 0.6) is 0 Å². The third-order valence-corrected chi connectivity index (χ3v) is 1.59. The van der Waals surface area contributed by atoms with Crippen molar-refractivity contribution < 1.29 is 4.92 Å². The Morgan fingerprint density at radius 1 is 1.09 bits per heavy atom. The van der Waals surface area contributed by atoms with E-state index in [0.717, 1.165) is 32.1 Å². The zero-order valence-electron chi connectivity index (χ0n) is 6.92. The van der Waals surface area contributed by atoms with Crippen molar-refractivity contribution in [2.45, 2.75) is 38.5 Å². The normalized spacial score (nSPS) is 9.91. The van der Waals surface area contributed by atoms with Gasteiger partial charge in [0.2, 0.25) is 6.54 Å². The van der Waals surface area contributed by atoms with Crippen LogP contribution >= 0.6 is 0 Å². The molecule has 0 saturated heterocycles. The molecule has 0 aliphatic carbocycles. The third kappa shape index (κ3) is 9.40. The molecule has 0 unspecified atom stereocenters. The molecule has 0 aliphatic heterocycles. The van der Waals surface area contributed by atoms with Gasteiger partial charge in [-0.3, -0.25) is 10.1 Å². The Balaban J connectivity index is 2.85. The van der Waals surface area contributed by atoms with Crippen LogP contribution in [0.1, 0.15) is 38.5 Å². The number of hydrogen-bond donors (Lipinski definition) is 0. The first kappa shape index (κ1) is 10.4. The molecule has 3 nitrogen and oxygen atoms in total. The lowest BCUT2D eigenvalue weighted by Gasteiger charge is -1.96. The van der Waals surface area contributed by atoms with Crippen LogP contribution in [-0.4, -0.2) is 11.5 Å². The molecule has 0 saturated carbocycles. The summed E-state index contributed by atoms with van der Waals surface area (Å²) in [5.41, 5.74) is 0. The van der Waals surface area contributed by atoms with Crippen molar-refractivity contribution in [3.05, 3.63) is 17.0 Å². The monoisotopic (exact) mass is 158 g/mol. The molecule has 0 aromatic heterocycles. The quantitative estimate of drug-likeness (QED) is 0.324. The minimum Gasteiger partial charge on any atom is -0.265 e. The smallest absolute Gasteiger partial charge is 0.203 e. The summed E-state index contributed by atoms with van der Waals surface area (Å²) in [5.74, 6) is 0. The largest absolute Gasteiger partial charge is 0.265 e. The van der Waals surface area contributed by atoms with Crippen molar-refractivity contribution in [1.29, 1.82) is 0 Å². The number of hydrogen-bond acceptors (Lipinski definition) is 2. The average Bonchev–Trinajstić information content (AvgIpc) is 1.96. The zero-order valence-corrected chi connectivity index (χ0v) is 6.92. The lowest BCUT2D eigenvalue weighted by molar-refractivity contribution is -0.480. The van der Waals surface area contributed by atoms with Gasteiger partial charge in [-0.15, -0.1) is 0 Å². The minimum atomic E-state index is -0.249. The summed E-state index contributed by atoms with van der Waals surface area (Å²) in [6, 6.07) is 0. The first-order valence-electron chi connectivity index (χ1n) is 4.18. The van der Waals surface area contributed by atoms with Gasteiger partial charge in [0.1, 0.15) is 0 Å². The number of unbranched alkanes of at least 4 members (excludes halogenated alkanes) is 5. The van der Waals surface area contributed by atoms with Crippen LogP contribution in [0.25, 0.3) is 0 Å². The Kier molecular flexibility index (Phi) is 7.10. The van der Waals surface area contributed by atoms with Crippen LogP contribution in [0.15, 0.2) is 0 Å². The lowest BCUT2D eigenvalue weighted by Crippen LogP contribution is -1.99. The molecular formula is C8H16NO2. The van der Waals surface area contributed by atoms with Crippen LogP contribution in [-0.2, 0) is 0 Å². The van der Waals surface area contributed by atoms with Gasteiger partial charge in [-0.2, -0.15) is 0 Å². The van der Waals surface area contributed by atoms with E-state index in [1.165, 1.54) is 6.42 Å². The van der Waals surface area contributed by atoms with E-state index in [4.69, 9.17) is 0 Å². The standard InChI is InChI=1S/C8H16NO2/c1-2-3-4-5-6-7-8-9(10)11/h1-8H2. The first-order valence-corrected chi connectivity index (χ1v) is 4.18. The van der Waals surface area contributed by atoms with Crippen LogP contribution < -0.4 is 0 Å². The van der Waals surface area contributed by atoms with Crippen LogP contribution in [0.2, 0.25) is 0 Å². The predicted octanol–water partition coefficient (Wildman–Crippen LogP) is 2.44. The highest BCUT2D eigenvalue weighted by Crippen LogP contribution is 2.04. The van der Waals surface area contributed by atoms with Gasteiger partial charge in [0.25, 0.3) is 0 Å². The highest BCUT2D eigenvalue weighted by molar-refractivity contribution is 4.45. The molecule has 1 radical (unpaired) electrons. The summed E-state index contributed by atoms with van der Waals surface area (Å²) in [7, 11) is 0. The van der Waals surface area contributed by atoms with Gasteiger partial charge in [-0.25, -0.2) is 0 Å². The lowest BCUT2D eigenvalue weighted by atomic mass is 10.1. The SMILES string of the molecule is [CH2]CCCCCCC[N+](=O)[O-]. The van der Waals surface area contributed by atoms with Gasteiger partial charge in [-0.05, 0) is 6.42 Å².